The van der Waals surface area contributed by atoms with Gasteiger partial charge in [0.2, 0.25) is 15.9 Å². The lowest BCUT2D eigenvalue weighted by Gasteiger charge is -2.23. The zero-order valence-corrected chi connectivity index (χ0v) is 19.5. The minimum atomic E-state index is -3.61. The number of anilines is 2. The van der Waals surface area contributed by atoms with Crippen molar-refractivity contribution in [2.24, 2.45) is 0 Å². The molecule has 7 heteroatoms. The molecular formula is C24H26N2O3S2. The summed E-state index contributed by atoms with van der Waals surface area (Å²) < 4.78 is 25.8. The summed E-state index contributed by atoms with van der Waals surface area (Å²) in [7, 11) is -3.61. The number of rotatable bonds is 8. The highest BCUT2D eigenvalue weighted by Gasteiger charge is 2.22. The summed E-state index contributed by atoms with van der Waals surface area (Å²) in [4.78, 5) is 13.9. The summed E-state index contributed by atoms with van der Waals surface area (Å²) in [5.74, 6) is 0.442. The highest BCUT2D eigenvalue weighted by Crippen LogP contribution is 2.26. The van der Waals surface area contributed by atoms with Gasteiger partial charge < -0.3 is 5.32 Å². The van der Waals surface area contributed by atoms with Crippen molar-refractivity contribution in [1.82, 2.24) is 0 Å². The van der Waals surface area contributed by atoms with Crippen molar-refractivity contribution in [3.05, 3.63) is 89.5 Å². The fourth-order valence-electron chi connectivity index (χ4n) is 3.18. The first-order chi connectivity index (χ1) is 14.7. The summed E-state index contributed by atoms with van der Waals surface area (Å²) in [6.07, 6.45) is 1.11. The van der Waals surface area contributed by atoms with Gasteiger partial charge in [-0.15, -0.1) is 11.8 Å². The minimum Gasteiger partial charge on any atom is -0.324 e. The van der Waals surface area contributed by atoms with Gasteiger partial charge in [0.25, 0.3) is 0 Å². The van der Waals surface area contributed by atoms with Crippen molar-refractivity contribution in [2.75, 3.05) is 22.4 Å². The monoisotopic (exact) mass is 454 g/mol. The zero-order chi connectivity index (χ0) is 22.4. The molecule has 0 aliphatic carbocycles. The average molecular weight is 455 g/mol. The number of carbonyl (C=O) groups is 1. The van der Waals surface area contributed by atoms with Crippen molar-refractivity contribution in [3.63, 3.8) is 0 Å². The fourth-order valence-corrected chi connectivity index (χ4v) is 4.96. The third-order valence-corrected chi connectivity index (χ3v) is 6.99. The van der Waals surface area contributed by atoms with E-state index in [1.54, 1.807) is 23.9 Å². The number of para-hydroxylation sites is 1. The molecule has 0 aromatic heterocycles. The van der Waals surface area contributed by atoms with E-state index in [0.29, 0.717) is 11.4 Å². The van der Waals surface area contributed by atoms with E-state index in [1.165, 1.54) is 4.90 Å². The molecule has 0 aliphatic heterocycles. The Hall–Kier alpha value is -2.77. The molecular weight excluding hydrogens is 428 g/mol. The Morgan fingerprint density at radius 2 is 1.61 bits per heavy atom. The number of sulfonamides is 1. The first-order valence-corrected chi connectivity index (χ1v) is 12.7. The molecule has 0 atom stereocenters. The number of hydrogen-bond donors (Lipinski definition) is 1. The predicted molar refractivity (Wildman–Crippen MR) is 129 cm³/mol. The quantitative estimate of drug-likeness (QED) is 0.487. The van der Waals surface area contributed by atoms with Gasteiger partial charge in [0, 0.05) is 16.3 Å². The lowest BCUT2D eigenvalue weighted by atomic mass is 10.1. The molecule has 0 fully saturated rings. The van der Waals surface area contributed by atoms with Gasteiger partial charge >= 0.3 is 0 Å². The Labute approximate surface area is 188 Å². The number of nitrogens with zero attached hydrogens (tertiary/aromatic N) is 1. The maximum absolute atomic E-state index is 12.7. The maximum Gasteiger partial charge on any atom is 0.245 e. The van der Waals surface area contributed by atoms with Crippen molar-refractivity contribution in [3.8, 4) is 0 Å². The van der Waals surface area contributed by atoms with E-state index < -0.39 is 10.0 Å². The second kappa shape index (κ2) is 10.0. The number of nitrogens with one attached hydrogen (secondary N) is 1. The summed E-state index contributed by atoms with van der Waals surface area (Å²) in [5, 5.41) is 2.85. The van der Waals surface area contributed by atoms with E-state index >= 15 is 0 Å². The smallest absolute Gasteiger partial charge is 0.245 e. The third-order valence-electron chi connectivity index (χ3n) is 4.79. The van der Waals surface area contributed by atoms with Crippen LogP contribution in [0.5, 0.6) is 0 Å². The second-order valence-electron chi connectivity index (χ2n) is 7.36. The molecule has 0 heterocycles. The largest absolute Gasteiger partial charge is 0.324 e. The first-order valence-electron chi connectivity index (χ1n) is 9.84. The standard InChI is InChI=1S/C24H26N2O3S2/c1-18-9-7-8-12-23(18)26(31(3,28)29)16-24(27)25-22-14-13-20(15-19(22)2)17-30-21-10-5-4-6-11-21/h4-15H,16-17H2,1-3H3,(H,25,27). The zero-order valence-electron chi connectivity index (χ0n) is 17.8. The van der Waals surface area contributed by atoms with Gasteiger partial charge in [-0.25, -0.2) is 8.42 Å². The van der Waals surface area contributed by atoms with Crippen LogP contribution in [-0.2, 0) is 20.6 Å². The van der Waals surface area contributed by atoms with Crippen LogP contribution in [0.1, 0.15) is 16.7 Å². The maximum atomic E-state index is 12.7. The van der Waals surface area contributed by atoms with Crippen LogP contribution in [0.4, 0.5) is 11.4 Å². The van der Waals surface area contributed by atoms with Crippen LogP contribution < -0.4 is 9.62 Å². The van der Waals surface area contributed by atoms with Crippen molar-refractivity contribution in [2.45, 2.75) is 24.5 Å². The van der Waals surface area contributed by atoms with Gasteiger partial charge in [-0.1, -0.05) is 48.5 Å². The topological polar surface area (TPSA) is 66.5 Å². The van der Waals surface area contributed by atoms with Crippen LogP contribution in [0.25, 0.3) is 0 Å². The van der Waals surface area contributed by atoms with Crippen LogP contribution in [0, 0.1) is 13.8 Å². The Balaban J connectivity index is 1.68. The number of thioether (sulfide) groups is 1. The molecule has 31 heavy (non-hydrogen) atoms. The highest BCUT2D eigenvalue weighted by molar-refractivity contribution is 7.98. The van der Waals surface area contributed by atoms with Gasteiger partial charge in [0.1, 0.15) is 6.54 Å². The predicted octanol–water partition coefficient (Wildman–Crippen LogP) is 5.00. The SMILES string of the molecule is Cc1cc(CSc2ccccc2)ccc1NC(=O)CN(c1ccccc1C)S(C)(=O)=O. The second-order valence-corrected chi connectivity index (χ2v) is 10.3. The Morgan fingerprint density at radius 3 is 2.26 bits per heavy atom. The summed E-state index contributed by atoms with van der Waals surface area (Å²) in [6.45, 7) is 3.47. The van der Waals surface area contributed by atoms with Crippen molar-refractivity contribution in [1.29, 1.82) is 0 Å². The van der Waals surface area contributed by atoms with Crippen molar-refractivity contribution >= 4 is 39.1 Å². The van der Waals surface area contributed by atoms with E-state index in [4.69, 9.17) is 0 Å². The molecule has 3 aromatic carbocycles. The molecule has 0 unspecified atom stereocenters. The van der Waals surface area contributed by atoms with Gasteiger partial charge in [-0.2, -0.15) is 0 Å². The molecule has 0 aliphatic rings. The number of hydrogen-bond acceptors (Lipinski definition) is 4. The third kappa shape index (κ3) is 6.35. The fraction of sp³-hybridized carbons (Fsp3) is 0.208. The molecule has 0 spiro atoms. The number of carbonyl (C=O) groups excluding carboxylic acids is 1. The average Bonchev–Trinajstić information content (AvgIpc) is 2.73. The lowest BCUT2D eigenvalue weighted by Crippen LogP contribution is -2.37. The van der Waals surface area contributed by atoms with Crippen LogP contribution in [0.15, 0.2) is 77.7 Å². The summed E-state index contributed by atoms with van der Waals surface area (Å²) in [5.41, 5.74) is 4.06. The molecule has 0 saturated carbocycles. The molecule has 162 valence electrons. The van der Waals surface area contributed by atoms with E-state index in [-0.39, 0.29) is 12.5 Å². The van der Waals surface area contributed by atoms with Crippen LogP contribution >= 0.6 is 11.8 Å². The Bertz CT molecular complexity index is 1160. The van der Waals surface area contributed by atoms with Crippen LogP contribution in [0.2, 0.25) is 0 Å². The molecule has 0 bridgehead atoms. The summed E-state index contributed by atoms with van der Waals surface area (Å²) in [6, 6.07) is 23.2. The molecule has 3 aromatic rings. The number of benzene rings is 3. The lowest BCUT2D eigenvalue weighted by molar-refractivity contribution is -0.114. The number of amides is 1. The summed E-state index contributed by atoms with van der Waals surface area (Å²) >= 11 is 1.75. The van der Waals surface area contributed by atoms with E-state index in [0.717, 1.165) is 33.0 Å². The van der Waals surface area contributed by atoms with Crippen LogP contribution in [-0.4, -0.2) is 27.1 Å². The molecule has 0 radical (unpaired) electrons. The Morgan fingerprint density at radius 1 is 0.935 bits per heavy atom. The van der Waals surface area contributed by atoms with Gasteiger partial charge in [0.05, 0.1) is 11.9 Å². The highest BCUT2D eigenvalue weighted by atomic mass is 32.2. The van der Waals surface area contributed by atoms with E-state index in [1.807, 2.05) is 62.4 Å². The molecule has 1 amide bonds. The molecule has 0 saturated heterocycles. The first kappa shape index (κ1) is 22.9. The molecule has 5 nitrogen and oxygen atoms in total. The van der Waals surface area contributed by atoms with Gasteiger partial charge in [-0.3, -0.25) is 9.10 Å². The Kier molecular flexibility index (Phi) is 7.41. The van der Waals surface area contributed by atoms with Gasteiger partial charge in [-0.05, 0) is 54.8 Å². The minimum absolute atomic E-state index is 0.283. The van der Waals surface area contributed by atoms with E-state index in [9.17, 15) is 13.2 Å². The van der Waals surface area contributed by atoms with Gasteiger partial charge in [0.15, 0.2) is 0 Å². The molecule has 1 N–H and O–H groups in total. The normalized spacial score (nSPS) is 11.2. The van der Waals surface area contributed by atoms with Crippen LogP contribution in [0.3, 0.4) is 0 Å². The number of aryl methyl sites for hydroxylation is 2. The molecule has 3 rings (SSSR count). The van der Waals surface area contributed by atoms with E-state index in [2.05, 4.69) is 17.4 Å². The van der Waals surface area contributed by atoms with Crippen molar-refractivity contribution < 1.29 is 13.2 Å².